The summed E-state index contributed by atoms with van der Waals surface area (Å²) < 4.78 is 2.25. The van der Waals surface area contributed by atoms with E-state index in [4.69, 9.17) is 11.6 Å². The number of rotatable bonds is 8. The average molecular weight is 501 g/mol. The number of carbonyl (C=O) groups excluding carboxylic acids is 2. The smallest absolute Gasteiger partial charge is 0.262 e. The van der Waals surface area contributed by atoms with Gasteiger partial charge in [0.25, 0.3) is 11.8 Å². The average Bonchev–Trinajstić information content (AvgIpc) is 3.13. The van der Waals surface area contributed by atoms with Crippen molar-refractivity contribution < 1.29 is 9.59 Å². The highest BCUT2D eigenvalue weighted by atomic mass is 35.5. The number of fused-ring (bicyclic) bond motifs is 1. The third-order valence-corrected chi connectivity index (χ3v) is 6.39. The maximum atomic E-state index is 12.9. The summed E-state index contributed by atoms with van der Waals surface area (Å²) in [6.07, 6.45) is 1.67. The first kappa shape index (κ1) is 25.2. The van der Waals surface area contributed by atoms with Crippen LogP contribution in [0.2, 0.25) is 5.02 Å². The maximum Gasteiger partial charge on any atom is 0.262 e. The van der Waals surface area contributed by atoms with Crippen LogP contribution in [-0.4, -0.2) is 28.6 Å². The Morgan fingerprint density at radius 2 is 1.72 bits per heavy atom. The molecule has 7 heteroatoms. The number of aromatic nitrogens is 1. The van der Waals surface area contributed by atoms with Gasteiger partial charge in [-0.25, -0.2) is 5.43 Å². The van der Waals surface area contributed by atoms with Crippen molar-refractivity contribution in [2.75, 3.05) is 0 Å². The second kappa shape index (κ2) is 11.2. The molecule has 36 heavy (non-hydrogen) atoms. The minimum absolute atomic E-state index is 0.141. The Hall–Kier alpha value is -3.90. The normalized spacial score (nSPS) is 12.2. The first-order valence-electron chi connectivity index (χ1n) is 11.9. The summed E-state index contributed by atoms with van der Waals surface area (Å²) in [5.74, 6) is -0.893. The van der Waals surface area contributed by atoms with Gasteiger partial charge in [0.05, 0.1) is 6.21 Å². The number of amides is 2. The zero-order chi connectivity index (χ0) is 25.7. The number of nitrogens with zero attached hydrogens (tertiary/aromatic N) is 2. The van der Waals surface area contributed by atoms with Crippen LogP contribution in [0, 0.1) is 12.8 Å². The molecule has 0 aliphatic heterocycles. The molecule has 4 rings (SSSR count). The Morgan fingerprint density at radius 1 is 1.00 bits per heavy atom. The lowest BCUT2D eigenvalue weighted by atomic mass is 10.0. The molecular formula is C29H29ClN4O2. The number of hydrogen-bond acceptors (Lipinski definition) is 3. The SMILES string of the molecule is Cc1c(/C=N\NC(=O)C(NC(=O)c2cccc(Cl)c2)C(C)C)c2ccccc2n1Cc1ccccc1. The zero-order valence-corrected chi connectivity index (χ0v) is 21.3. The molecule has 1 aromatic heterocycles. The van der Waals surface area contributed by atoms with Crippen molar-refractivity contribution in [1.82, 2.24) is 15.3 Å². The summed E-state index contributed by atoms with van der Waals surface area (Å²) >= 11 is 6.00. The molecule has 3 aromatic carbocycles. The van der Waals surface area contributed by atoms with Gasteiger partial charge in [-0.3, -0.25) is 9.59 Å². The molecule has 1 unspecified atom stereocenters. The van der Waals surface area contributed by atoms with Crippen molar-refractivity contribution in [2.24, 2.45) is 11.0 Å². The zero-order valence-electron chi connectivity index (χ0n) is 20.5. The third-order valence-electron chi connectivity index (χ3n) is 6.15. The van der Waals surface area contributed by atoms with E-state index in [1.54, 1.807) is 30.5 Å². The van der Waals surface area contributed by atoms with Crippen LogP contribution in [0.25, 0.3) is 10.9 Å². The number of hydrogen-bond donors (Lipinski definition) is 2. The van der Waals surface area contributed by atoms with Gasteiger partial charge in [0.15, 0.2) is 0 Å². The van der Waals surface area contributed by atoms with E-state index in [9.17, 15) is 9.59 Å². The summed E-state index contributed by atoms with van der Waals surface area (Å²) in [5.41, 5.74) is 7.29. The fourth-order valence-electron chi connectivity index (χ4n) is 4.21. The van der Waals surface area contributed by atoms with Crippen molar-refractivity contribution >= 4 is 40.5 Å². The van der Waals surface area contributed by atoms with Crippen LogP contribution in [0.3, 0.4) is 0 Å². The summed E-state index contributed by atoms with van der Waals surface area (Å²) in [6, 6.07) is 24.3. The van der Waals surface area contributed by atoms with Gasteiger partial charge in [0.2, 0.25) is 0 Å². The van der Waals surface area contributed by atoms with Crippen molar-refractivity contribution in [3.8, 4) is 0 Å². The van der Waals surface area contributed by atoms with Crippen molar-refractivity contribution in [3.63, 3.8) is 0 Å². The molecule has 2 amide bonds. The van der Waals surface area contributed by atoms with Crippen LogP contribution >= 0.6 is 11.6 Å². The van der Waals surface area contributed by atoms with Crippen LogP contribution in [0.4, 0.5) is 0 Å². The molecule has 184 valence electrons. The number of nitrogens with one attached hydrogen (secondary N) is 2. The number of carbonyl (C=O) groups is 2. The Kier molecular flexibility index (Phi) is 7.86. The fraction of sp³-hybridized carbons (Fsp3) is 0.207. The van der Waals surface area contributed by atoms with E-state index < -0.39 is 6.04 Å². The Balaban J connectivity index is 1.52. The predicted octanol–water partition coefficient (Wildman–Crippen LogP) is 5.56. The highest BCUT2D eigenvalue weighted by Gasteiger charge is 2.24. The highest BCUT2D eigenvalue weighted by Crippen LogP contribution is 2.25. The Morgan fingerprint density at radius 3 is 2.44 bits per heavy atom. The molecule has 0 aliphatic rings. The van der Waals surface area contributed by atoms with E-state index in [1.807, 2.05) is 51.1 Å². The predicted molar refractivity (Wildman–Crippen MR) is 145 cm³/mol. The van der Waals surface area contributed by atoms with E-state index in [0.29, 0.717) is 10.6 Å². The van der Waals surface area contributed by atoms with Crippen molar-refractivity contribution in [2.45, 2.75) is 33.4 Å². The molecule has 0 saturated heterocycles. The molecule has 0 radical (unpaired) electrons. The summed E-state index contributed by atoms with van der Waals surface area (Å²) in [5, 5.41) is 8.57. The van der Waals surface area contributed by atoms with Crippen LogP contribution < -0.4 is 10.7 Å². The monoisotopic (exact) mass is 500 g/mol. The van der Waals surface area contributed by atoms with Crippen molar-refractivity contribution in [3.05, 3.63) is 106 Å². The Labute approximate surface area is 216 Å². The van der Waals surface area contributed by atoms with E-state index in [1.165, 1.54) is 5.56 Å². The van der Waals surface area contributed by atoms with E-state index in [-0.39, 0.29) is 17.7 Å². The first-order valence-corrected chi connectivity index (χ1v) is 12.2. The van der Waals surface area contributed by atoms with Crippen LogP contribution in [-0.2, 0) is 11.3 Å². The quantitative estimate of drug-likeness (QED) is 0.245. The third kappa shape index (κ3) is 5.66. The molecule has 1 atom stereocenters. The van der Waals surface area contributed by atoms with Gasteiger partial charge in [-0.2, -0.15) is 5.10 Å². The van der Waals surface area contributed by atoms with E-state index in [0.717, 1.165) is 28.7 Å². The van der Waals surface area contributed by atoms with Gasteiger partial charge in [-0.15, -0.1) is 0 Å². The number of hydrazone groups is 1. The summed E-state index contributed by atoms with van der Waals surface area (Å²) in [6.45, 7) is 6.52. The molecule has 1 heterocycles. The minimum atomic E-state index is -0.755. The molecule has 0 aliphatic carbocycles. The molecule has 0 spiro atoms. The van der Waals surface area contributed by atoms with Crippen LogP contribution in [0.1, 0.15) is 41.0 Å². The van der Waals surface area contributed by atoms with Gasteiger partial charge in [0, 0.05) is 39.3 Å². The highest BCUT2D eigenvalue weighted by molar-refractivity contribution is 6.31. The lowest BCUT2D eigenvalue weighted by Gasteiger charge is -2.20. The second-order valence-corrected chi connectivity index (χ2v) is 9.46. The molecule has 0 saturated carbocycles. The fourth-order valence-corrected chi connectivity index (χ4v) is 4.40. The molecule has 4 aromatic rings. The standard InChI is InChI=1S/C29H29ClN4O2/c1-19(2)27(32-28(35)22-12-9-13-23(30)16-22)29(36)33-31-17-25-20(3)34(18-21-10-5-4-6-11-21)26-15-8-7-14-24(25)26/h4-17,19,27H,18H2,1-3H3,(H,32,35)(H,33,36)/b31-17-. The van der Waals surface area contributed by atoms with E-state index >= 15 is 0 Å². The number of halogens is 1. The molecule has 2 N–H and O–H groups in total. The topological polar surface area (TPSA) is 75.5 Å². The second-order valence-electron chi connectivity index (χ2n) is 9.03. The van der Waals surface area contributed by atoms with Gasteiger partial charge in [-0.05, 0) is 42.7 Å². The van der Waals surface area contributed by atoms with Crippen LogP contribution in [0.15, 0.2) is 84.0 Å². The minimum Gasteiger partial charge on any atom is -0.340 e. The Bertz CT molecular complexity index is 1410. The van der Waals surface area contributed by atoms with Gasteiger partial charge in [0.1, 0.15) is 6.04 Å². The molecule has 0 bridgehead atoms. The van der Waals surface area contributed by atoms with Gasteiger partial charge >= 0.3 is 0 Å². The lowest BCUT2D eigenvalue weighted by molar-refractivity contribution is -0.123. The first-order chi connectivity index (χ1) is 17.3. The number of benzene rings is 3. The molecular weight excluding hydrogens is 472 g/mol. The summed E-state index contributed by atoms with van der Waals surface area (Å²) in [4.78, 5) is 25.6. The van der Waals surface area contributed by atoms with E-state index in [2.05, 4.69) is 44.7 Å². The number of para-hydroxylation sites is 1. The largest absolute Gasteiger partial charge is 0.340 e. The summed E-state index contributed by atoms with van der Waals surface area (Å²) in [7, 11) is 0. The maximum absolute atomic E-state index is 12.9. The van der Waals surface area contributed by atoms with Gasteiger partial charge < -0.3 is 9.88 Å². The van der Waals surface area contributed by atoms with Gasteiger partial charge in [-0.1, -0.05) is 80.0 Å². The van der Waals surface area contributed by atoms with Crippen molar-refractivity contribution in [1.29, 1.82) is 0 Å². The molecule has 6 nitrogen and oxygen atoms in total. The lowest BCUT2D eigenvalue weighted by Crippen LogP contribution is -2.48. The van der Waals surface area contributed by atoms with Crippen LogP contribution in [0.5, 0.6) is 0 Å². The molecule has 0 fully saturated rings.